The van der Waals surface area contributed by atoms with E-state index in [9.17, 15) is 19.2 Å². The Morgan fingerprint density at radius 3 is 1.65 bits per heavy atom. The zero-order chi connectivity index (χ0) is 35.6. The first-order chi connectivity index (χ1) is 24.8. The van der Waals surface area contributed by atoms with Gasteiger partial charge in [0.15, 0.2) is 0 Å². The number of carbonyl (C=O) groups is 4. The third kappa shape index (κ3) is 9.30. The van der Waals surface area contributed by atoms with Gasteiger partial charge in [-0.25, -0.2) is 0 Å². The first-order valence-electron chi connectivity index (χ1n) is 17.6. The van der Waals surface area contributed by atoms with Crippen LogP contribution < -0.4 is 16.4 Å². The minimum Gasteiger partial charge on any atom is -0.331 e. The standard InChI is InChI=1S/C42H43N5O4/c43-36(29-33-11-5-2-6-12-33)42(51)47-28-8-14-38(47)41(50)45-35-24-19-32(20-25-35)16-15-31-17-22-34(23-18-31)44-40(49)37-13-7-27-46(37)39(48)26-21-30-9-3-1-4-10-30/h1-6,9-12,17-20,22-25,36-38H,7-8,13-14,21,26-29,43H2,(H,44,49)(H,45,50). The number of nitrogens with zero attached hydrogens (tertiary/aromatic N) is 2. The fourth-order valence-corrected chi connectivity index (χ4v) is 6.72. The van der Waals surface area contributed by atoms with Crippen LogP contribution in [0.1, 0.15) is 54.4 Å². The van der Waals surface area contributed by atoms with Crippen LogP contribution in [0.25, 0.3) is 0 Å². The number of hydrogen-bond donors (Lipinski definition) is 3. The topological polar surface area (TPSA) is 125 Å². The number of rotatable bonds is 10. The average molecular weight is 682 g/mol. The maximum Gasteiger partial charge on any atom is 0.247 e. The van der Waals surface area contributed by atoms with Crippen LogP contribution in [0.15, 0.2) is 109 Å². The van der Waals surface area contributed by atoms with E-state index in [1.807, 2.05) is 97.1 Å². The van der Waals surface area contributed by atoms with Crippen molar-refractivity contribution in [1.82, 2.24) is 9.80 Å². The Balaban J connectivity index is 0.979. The molecule has 3 unspecified atom stereocenters. The molecule has 260 valence electrons. The summed E-state index contributed by atoms with van der Waals surface area (Å²) in [6, 6.07) is 32.4. The Morgan fingerprint density at radius 1 is 0.647 bits per heavy atom. The van der Waals surface area contributed by atoms with Crippen LogP contribution in [0.5, 0.6) is 0 Å². The summed E-state index contributed by atoms with van der Waals surface area (Å²) in [6.45, 7) is 1.11. The van der Waals surface area contributed by atoms with Gasteiger partial charge >= 0.3 is 0 Å². The molecule has 6 rings (SSSR count). The molecular formula is C42H43N5O4. The summed E-state index contributed by atoms with van der Waals surface area (Å²) in [5.74, 6) is 5.67. The summed E-state index contributed by atoms with van der Waals surface area (Å²) in [5.41, 5.74) is 11.2. The molecule has 2 heterocycles. The van der Waals surface area contributed by atoms with Crippen LogP contribution in [-0.4, -0.2) is 64.6 Å². The van der Waals surface area contributed by atoms with E-state index in [4.69, 9.17) is 5.73 Å². The van der Waals surface area contributed by atoms with Crippen molar-refractivity contribution >= 4 is 35.0 Å². The van der Waals surface area contributed by atoms with Crippen molar-refractivity contribution in [1.29, 1.82) is 0 Å². The lowest BCUT2D eigenvalue weighted by molar-refractivity contribution is -0.137. The molecule has 2 fully saturated rings. The summed E-state index contributed by atoms with van der Waals surface area (Å²) in [6.07, 6.45) is 4.26. The zero-order valence-electron chi connectivity index (χ0n) is 28.6. The van der Waals surface area contributed by atoms with E-state index in [0.29, 0.717) is 56.6 Å². The van der Waals surface area contributed by atoms with Crippen molar-refractivity contribution in [3.8, 4) is 11.8 Å². The molecule has 4 aromatic rings. The van der Waals surface area contributed by atoms with Crippen molar-refractivity contribution in [2.24, 2.45) is 5.73 Å². The van der Waals surface area contributed by atoms with E-state index in [1.54, 1.807) is 21.9 Å². The van der Waals surface area contributed by atoms with Crippen LogP contribution in [-0.2, 0) is 32.0 Å². The van der Waals surface area contributed by atoms with Crippen molar-refractivity contribution in [2.45, 2.75) is 63.1 Å². The van der Waals surface area contributed by atoms with E-state index >= 15 is 0 Å². The van der Waals surface area contributed by atoms with Gasteiger partial charge in [-0.3, -0.25) is 19.2 Å². The fraction of sp³-hybridized carbons (Fsp3) is 0.286. The minimum atomic E-state index is -0.705. The predicted octanol–water partition coefficient (Wildman–Crippen LogP) is 5.15. The van der Waals surface area contributed by atoms with Crippen LogP contribution in [0.3, 0.4) is 0 Å². The number of hydrogen-bond acceptors (Lipinski definition) is 5. The molecule has 0 bridgehead atoms. The van der Waals surface area contributed by atoms with E-state index in [0.717, 1.165) is 35.1 Å². The average Bonchev–Trinajstić information content (AvgIpc) is 3.86. The molecule has 0 radical (unpaired) electrons. The molecule has 3 atom stereocenters. The number of aryl methyl sites for hydroxylation is 1. The molecule has 2 aliphatic heterocycles. The lowest BCUT2D eigenvalue weighted by Gasteiger charge is -2.26. The largest absolute Gasteiger partial charge is 0.331 e. The Kier molecular flexibility index (Phi) is 11.6. The number of benzene rings is 4. The van der Waals surface area contributed by atoms with Gasteiger partial charge < -0.3 is 26.2 Å². The van der Waals surface area contributed by atoms with Gasteiger partial charge in [-0.05, 0) is 98.2 Å². The van der Waals surface area contributed by atoms with Crippen LogP contribution in [0.2, 0.25) is 0 Å². The van der Waals surface area contributed by atoms with Gasteiger partial charge in [-0.2, -0.15) is 0 Å². The smallest absolute Gasteiger partial charge is 0.247 e. The third-order valence-electron chi connectivity index (χ3n) is 9.46. The van der Waals surface area contributed by atoms with E-state index in [1.165, 1.54) is 0 Å². The number of anilines is 2. The first-order valence-corrected chi connectivity index (χ1v) is 17.6. The highest BCUT2D eigenvalue weighted by Crippen LogP contribution is 2.23. The number of likely N-dealkylation sites (tertiary alicyclic amines) is 2. The monoisotopic (exact) mass is 681 g/mol. The number of carbonyl (C=O) groups excluding carboxylic acids is 4. The molecule has 9 nitrogen and oxygen atoms in total. The quantitative estimate of drug-likeness (QED) is 0.200. The summed E-state index contributed by atoms with van der Waals surface area (Å²) in [7, 11) is 0. The van der Waals surface area contributed by atoms with Crippen LogP contribution in [0.4, 0.5) is 11.4 Å². The summed E-state index contributed by atoms with van der Waals surface area (Å²) < 4.78 is 0. The van der Waals surface area contributed by atoms with Gasteiger partial charge in [-0.1, -0.05) is 72.5 Å². The van der Waals surface area contributed by atoms with E-state index in [2.05, 4.69) is 22.5 Å². The molecule has 4 N–H and O–H groups in total. The summed E-state index contributed by atoms with van der Waals surface area (Å²) >= 11 is 0. The van der Waals surface area contributed by atoms with E-state index < -0.39 is 18.1 Å². The number of nitrogens with two attached hydrogens (primary N) is 1. The van der Waals surface area contributed by atoms with Gasteiger partial charge in [0.2, 0.25) is 23.6 Å². The number of amides is 4. The lowest BCUT2D eigenvalue weighted by atomic mass is 10.1. The Bertz CT molecular complexity index is 1890. The third-order valence-corrected chi connectivity index (χ3v) is 9.46. The predicted molar refractivity (Wildman–Crippen MR) is 198 cm³/mol. The second-order valence-electron chi connectivity index (χ2n) is 13.1. The molecule has 2 saturated heterocycles. The van der Waals surface area contributed by atoms with Crippen LogP contribution >= 0.6 is 0 Å². The Hall–Kier alpha value is -5.72. The molecule has 51 heavy (non-hydrogen) atoms. The fourth-order valence-electron chi connectivity index (χ4n) is 6.72. The molecule has 9 heteroatoms. The molecule has 0 saturated carbocycles. The molecular weight excluding hydrogens is 638 g/mol. The highest BCUT2D eigenvalue weighted by atomic mass is 16.2. The highest BCUT2D eigenvalue weighted by Gasteiger charge is 2.36. The first kappa shape index (κ1) is 35.1. The van der Waals surface area contributed by atoms with Gasteiger partial charge in [-0.15, -0.1) is 0 Å². The Morgan fingerprint density at radius 2 is 1.12 bits per heavy atom. The molecule has 0 spiro atoms. The maximum absolute atomic E-state index is 13.2. The van der Waals surface area contributed by atoms with Crippen molar-refractivity contribution < 1.29 is 19.2 Å². The van der Waals surface area contributed by atoms with Crippen LogP contribution in [0, 0.1) is 11.8 Å². The molecule has 0 aromatic heterocycles. The van der Waals surface area contributed by atoms with Gasteiger partial charge in [0.1, 0.15) is 12.1 Å². The molecule has 0 aliphatic carbocycles. The van der Waals surface area contributed by atoms with Gasteiger partial charge in [0.25, 0.3) is 0 Å². The maximum atomic E-state index is 13.2. The lowest BCUT2D eigenvalue weighted by Crippen LogP contribution is -2.50. The molecule has 4 amide bonds. The SMILES string of the molecule is NC(Cc1ccccc1)C(=O)N1CCCC1C(=O)Nc1ccc(C#Cc2ccc(NC(=O)C3CCCN3C(=O)CCc3ccccc3)cc2)cc1. The summed E-state index contributed by atoms with van der Waals surface area (Å²) in [4.78, 5) is 55.7. The van der Waals surface area contributed by atoms with Crippen molar-refractivity contribution in [3.05, 3.63) is 131 Å². The molecule has 4 aromatic carbocycles. The van der Waals surface area contributed by atoms with E-state index in [-0.39, 0.29) is 23.6 Å². The summed E-state index contributed by atoms with van der Waals surface area (Å²) in [5, 5.41) is 5.91. The van der Waals surface area contributed by atoms with Gasteiger partial charge in [0, 0.05) is 42.0 Å². The van der Waals surface area contributed by atoms with Crippen molar-refractivity contribution in [2.75, 3.05) is 23.7 Å². The number of nitrogens with one attached hydrogen (secondary N) is 2. The zero-order valence-corrected chi connectivity index (χ0v) is 28.6. The van der Waals surface area contributed by atoms with Gasteiger partial charge in [0.05, 0.1) is 6.04 Å². The van der Waals surface area contributed by atoms with Crippen molar-refractivity contribution in [3.63, 3.8) is 0 Å². The highest BCUT2D eigenvalue weighted by molar-refractivity contribution is 5.99. The minimum absolute atomic E-state index is 0.00448. The molecule has 2 aliphatic rings. The Labute approximate surface area is 299 Å². The second kappa shape index (κ2) is 16.8. The second-order valence-corrected chi connectivity index (χ2v) is 13.1. The normalized spacial score (nSPS) is 17.3.